The van der Waals surface area contributed by atoms with E-state index >= 15 is 0 Å². The number of unbranched alkanes of at least 4 members (excludes halogenated alkanes) is 1. The van der Waals surface area contributed by atoms with Gasteiger partial charge in [-0.2, -0.15) is 0 Å². The topological polar surface area (TPSA) is 72.5 Å². The van der Waals surface area contributed by atoms with Crippen molar-refractivity contribution in [3.05, 3.63) is 23.9 Å². The summed E-state index contributed by atoms with van der Waals surface area (Å²) in [5.74, 6) is 1.12. The molecule has 0 aliphatic carbocycles. The van der Waals surface area contributed by atoms with Crippen LogP contribution in [0.15, 0.2) is 23.3 Å². The maximum atomic E-state index is 5.75. The molecule has 3 N–H and O–H groups in total. The number of pyridine rings is 1. The molecule has 1 heterocycles. The van der Waals surface area contributed by atoms with Crippen LogP contribution in [0.25, 0.3) is 0 Å². The third-order valence-electron chi connectivity index (χ3n) is 2.42. The van der Waals surface area contributed by atoms with E-state index in [9.17, 15) is 0 Å². The standard InChI is InChI=1S/C14H24N4O/c1-4-5-8-16-14(15)18-10-12-6-7-13(17-9-12)19-11(2)3/h6-7,9,11H,4-5,8,10H2,1-3H3,(H3,15,16,18). The number of aliphatic imine (C=N–C) groups is 1. The summed E-state index contributed by atoms with van der Waals surface area (Å²) >= 11 is 0. The van der Waals surface area contributed by atoms with Crippen LogP contribution in [-0.4, -0.2) is 23.6 Å². The second-order valence-corrected chi connectivity index (χ2v) is 4.65. The number of aromatic nitrogens is 1. The molecule has 1 aromatic heterocycles. The first-order valence-corrected chi connectivity index (χ1v) is 6.77. The van der Waals surface area contributed by atoms with Gasteiger partial charge in [0, 0.05) is 18.8 Å². The molecule has 0 fully saturated rings. The zero-order valence-electron chi connectivity index (χ0n) is 12.0. The van der Waals surface area contributed by atoms with E-state index in [-0.39, 0.29) is 6.10 Å². The van der Waals surface area contributed by atoms with E-state index in [0.717, 1.165) is 24.9 Å². The molecule has 0 saturated carbocycles. The van der Waals surface area contributed by atoms with Crippen molar-refractivity contribution >= 4 is 5.96 Å². The van der Waals surface area contributed by atoms with Crippen LogP contribution < -0.4 is 15.8 Å². The smallest absolute Gasteiger partial charge is 0.213 e. The van der Waals surface area contributed by atoms with Gasteiger partial charge in [0.15, 0.2) is 5.96 Å². The molecule has 5 heteroatoms. The molecule has 0 aliphatic rings. The summed E-state index contributed by atoms with van der Waals surface area (Å²) in [6.45, 7) is 7.48. The summed E-state index contributed by atoms with van der Waals surface area (Å²) in [6.07, 6.45) is 4.14. The van der Waals surface area contributed by atoms with E-state index in [4.69, 9.17) is 10.5 Å². The zero-order chi connectivity index (χ0) is 14.1. The average molecular weight is 264 g/mol. The van der Waals surface area contributed by atoms with Gasteiger partial charge in [0.05, 0.1) is 12.6 Å². The molecule has 19 heavy (non-hydrogen) atoms. The number of guanidine groups is 1. The lowest BCUT2D eigenvalue weighted by atomic mass is 10.3. The fourth-order valence-electron chi connectivity index (χ4n) is 1.44. The third kappa shape index (κ3) is 6.64. The first kappa shape index (κ1) is 15.3. The van der Waals surface area contributed by atoms with E-state index in [1.54, 1.807) is 6.20 Å². The molecule has 0 unspecified atom stereocenters. The van der Waals surface area contributed by atoms with Gasteiger partial charge in [0.2, 0.25) is 5.88 Å². The fraction of sp³-hybridized carbons (Fsp3) is 0.571. The van der Waals surface area contributed by atoms with Crippen LogP contribution in [0.5, 0.6) is 5.88 Å². The average Bonchev–Trinajstić information content (AvgIpc) is 2.37. The lowest BCUT2D eigenvalue weighted by Crippen LogP contribution is -2.32. The highest BCUT2D eigenvalue weighted by Gasteiger charge is 1.99. The molecule has 0 bridgehead atoms. The Morgan fingerprint density at radius 3 is 2.84 bits per heavy atom. The summed E-state index contributed by atoms with van der Waals surface area (Å²) in [7, 11) is 0. The van der Waals surface area contributed by atoms with Gasteiger partial charge in [-0.3, -0.25) is 0 Å². The molecule has 0 saturated heterocycles. The molecule has 1 aromatic rings. The molecule has 0 aliphatic heterocycles. The Labute approximate surface area is 115 Å². The number of hydrogen-bond donors (Lipinski definition) is 2. The van der Waals surface area contributed by atoms with Crippen molar-refractivity contribution in [3.8, 4) is 5.88 Å². The van der Waals surface area contributed by atoms with Crippen LogP contribution in [0.3, 0.4) is 0 Å². The summed E-state index contributed by atoms with van der Waals surface area (Å²) in [5.41, 5.74) is 6.76. The van der Waals surface area contributed by atoms with Gasteiger partial charge >= 0.3 is 0 Å². The Morgan fingerprint density at radius 1 is 1.47 bits per heavy atom. The van der Waals surface area contributed by atoms with Crippen LogP contribution in [0.1, 0.15) is 39.2 Å². The summed E-state index contributed by atoms with van der Waals surface area (Å²) < 4.78 is 5.48. The zero-order valence-corrected chi connectivity index (χ0v) is 12.0. The Kier molecular flexibility index (Phi) is 6.71. The van der Waals surface area contributed by atoms with Crippen LogP contribution in [-0.2, 0) is 6.54 Å². The number of nitrogens with zero attached hydrogens (tertiary/aromatic N) is 2. The van der Waals surface area contributed by atoms with E-state index in [0.29, 0.717) is 18.4 Å². The number of ether oxygens (including phenoxy) is 1. The minimum atomic E-state index is 0.134. The monoisotopic (exact) mass is 264 g/mol. The maximum Gasteiger partial charge on any atom is 0.213 e. The molecule has 0 radical (unpaired) electrons. The lowest BCUT2D eigenvalue weighted by molar-refractivity contribution is 0.232. The van der Waals surface area contributed by atoms with E-state index in [1.807, 2.05) is 26.0 Å². The van der Waals surface area contributed by atoms with Crippen molar-refractivity contribution in [2.75, 3.05) is 6.54 Å². The maximum absolute atomic E-state index is 5.75. The number of nitrogens with one attached hydrogen (secondary N) is 1. The van der Waals surface area contributed by atoms with Gasteiger partial charge in [0.1, 0.15) is 0 Å². The lowest BCUT2D eigenvalue weighted by Gasteiger charge is -2.08. The molecule has 0 spiro atoms. The fourth-order valence-corrected chi connectivity index (χ4v) is 1.44. The van der Waals surface area contributed by atoms with Gasteiger partial charge in [-0.15, -0.1) is 0 Å². The largest absolute Gasteiger partial charge is 0.475 e. The van der Waals surface area contributed by atoms with Crippen molar-refractivity contribution in [1.82, 2.24) is 10.3 Å². The van der Waals surface area contributed by atoms with Crippen molar-refractivity contribution < 1.29 is 4.74 Å². The van der Waals surface area contributed by atoms with Gasteiger partial charge < -0.3 is 15.8 Å². The summed E-state index contributed by atoms with van der Waals surface area (Å²) in [6, 6.07) is 3.80. The van der Waals surface area contributed by atoms with Crippen molar-refractivity contribution in [1.29, 1.82) is 0 Å². The van der Waals surface area contributed by atoms with E-state index < -0.39 is 0 Å². The molecule has 0 amide bonds. The summed E-state index contributed by atoms with van der Waals surface area (Å²) in [5, 5.41) is 3.07. The number of nitrogens with two attached hydrogens (primary N) is 1. The quantitative estimate of drug-likeness (QED) is 0.449. The predicted octanol–water partition coefficient (Wildman–Crippen LogP) is 2.07. The predicted molar refractivity (Wildman–Crippen MR) is 78.2 cm³/mol. The Morgan fingerprint density at radius 2 is 2.26 bits per heavy atom. The molecule has 1 rings (SSSR count). The van der Waals surface area contributed by atoms with Crippen LogP contribution in [0, 0.1) is 0 Å². The molecular weight excluding hydrogens is 240 g/mol. The van der Waals surface area contributed by atoms with Crippen LogP contribution >= 0.6 is 0 Å². The summed E-state index contributed by atoms with van der Waals surface area (Å²) in [4.78, 5) is 8.48. The molecule has 0 atom stereocenters. The Hall–Kier alpha value is -1.78. The first-order chi connectivity index (χ1) is 9.11. The Balaban J connectivity index is 2.42. The highest BCUT2D eigenvalue weighted by atomic mass is 16.5. The van der Waals surface area contributed by atoms with E-state index in [1.165, 1.54) is 0 Å². The van der Waals surface area contributed by atoms with Crippen molar-refractivity contribution in [3.63, 3.8) is 0 Å². The second kappa shape index (κ2) is 8.34. The van der Waals surface area contributed by atoms with Crippen molar-refractivity contribution in [2.45, 2.75) is 46.3 Å². The van der Waals surface area contributed by atoms with Gasteiger partial charge in [-0.25, -0.2) is 9.98 Å². The normalized spacial score (nSPS) is 11.7. The highest BCUT2D eigenvalue weighted by Crippen LogP contribution is 2.09. The number of hydrogen-bond acceptors (Lipinski definition) is 3. The van der Waals surface area contributed by atoms with Crippen molar-refractivity contribution in [2.24, 2.45) is 10.7 Å². The Bertz CT molecular complexity index is 387. The van der Waals surface area contributed by atoms with Gasteiger partial charge in [-0.05, 0) is 25.8 Å². The van der Waals surface area contributed by atoms with Crippen LogP contribution in [0.2, 0.25) is 0 Å². The van der Waals surface area contributed by atoms with Gasteiger partial charge in [0.25, 0.3) is 0 Å². The third-order valence-corrected chi connectivity index (χ3v) is 2.42. The highest BCUT2D eigenvalue weighted by molar-refractivity contribution is 5.77. The van der Waals surface area contributed by atoms with Crippen LogP contribution in [0.4, 0.5) is 0 Å². The molecule has 5 nitrogen and oxygen atoms in total. The van der Waals surface area contributed by atoms with Gasteiger partial charge in [-0.1, -0.05) is 19.4 Å². The minimum Gasteiger partial charge on any atom is -0.475 e. The second-order valence-electron chi connectivity index (χ2n) is 4.65. The molecule has 0 aromatic carbocycles. The SMILES string of the molecule is CCCCNC(N)=NCc1ccc(OC(C)C)nc1. The van der Waals surface area contributed by atoms with E-state index in [2.05, 4.69) is 22.2 Å². The first-order valence-electron chi connectivity index (χ1n) is 6.77. The number of rotatable bonds is 7. The molecule has 106 valence electrons. The minimum absolute atomic E-state index is 0.134. The molecular formula is C14H24N4O.